The molecule has 4 atom stereocenters. The van der Waals surface area contributed by atoms with Crippen molar-refractivity contribution in [3.63, 3.8) is 0 Å². The predicted molar refractivity (Wildman–Crippen MR) is 288 cm³/mol. The monoisotopic (exact) mass is 1070 g/mol. The number of aromatic carboxylic acids is 1. The van der Waals surface area contributed by atoms with Gasteiger partial charge in [-0.2, -0.15) is 0 Å². The molecule has 4 aromatic heterocycles. The number of benzene rings is 4. The zero-order valence-corrected chi connectivity index (χ0v) is 41.6. The number of aliphatic hydroxyl groups is 2. The van der Waals surface area contributed by atoms with Gasteiger partial charge in [-0.1, -0.05) is 116 Å². The van der Waals surface area contributed by atoms with Crippen LogP contribution in [0.4, 0.5) is 0 Å². The van der Waals surface area contributed by atoms with Gasteiger partial charge in [0.25, 0.3) is 17.0 Å². The number of aliphatic hydroxyl groups excluding tert-OH is 2. The highest BCUT2D eigenvalue weighted by Gasteiger charge is 2.24. The standard InChI is InChI=1S/C26H23ClN4O5.C19H22ClNO3.C9H7N3O3.CH4/c27-19-5-3-4-18(13-19)17-9-7-16(8-10-17)12-20(14-22(32)26(35)36)29-25(34)21-15-24(33)31(30-21)23-6-1-2-11-28-23;1-2-24-19(23)18(22)12-17(21)10-13-6-8-14(9-7-13)15-4-3-5-16(20)11-15;13-8-5-6(9(14)15)11-12(8)7-3-1-2-4-10-7;/h1-11,13,15,20,22,30,32H,12,14H2,(H,29,34)(H,35,36);3-9,11,17-18,22H,2,10,12,21H2,1H3;1-5,11H,(H,14,15);1H4/t20-,22-;17-,18-;;/m11../s1. The molecule has 1 amide bonds. The Balaban J connectivity index is 0.000000229. The van der Waals surface area contributed by atoms with E-state index in [0.717, 1.165) is 54.9 Å². The lowest BCUT2D eigenvalue weighted by molar-refractivity contribution is -0.153. The van der Waals surface area contributed by atoms with Crippen LogP contribution in [0.25, 0.3) is 33.9 Å². The van der Waals surface area contributed by atoms with Gasteiger partial charge in [0, 0.05) is 53.1 Å². The van der Waals surface area contributed by atoms with Crippen molar-refractivity contribution in [1.29, 1.82) is 0 Å². The summed E-state index contributed by atoms with van der Waals surface area (Å²) in [6.07, 6.45) is 0.983. The first-order valence-corrected chi connectivity index (χ1v) is 24.0. The number of carbonyl (C=O) groups excluding carboxylic acids is 2. The van der Waals surface area contributed by atoms with Crippen LogP contribution < -0.4 is 22.2 Å². The average molecular weight is 1080 g/mol. The number of nitrogens with zero attached hydrogens (tertiary/aromatic N) is 4. The molecule has 0 aliphatic carbocycles. The van der Waals surface area contributed by atoms with Crippen molar-refractivity contribution in [2.45, 2.75) is 64.3 Å². The van der Waals surface area contributed by atoms with Crippen LogP contribution in [-0.2, 0) is 27.2 Å². The Hall–Kier alpha value is -8.46. The van der Waals surface area contributed by atoms with Gasteiger partial charge >= 0.3 is 17.9 Å². The molecule has 396 valence electrons. The number of esters is 1. The molecule has 0 radical (unpaired) electrons. The molecule has 0 fully saturated rings. The third-order valence-electron chi connectivity index (χ3n) is 11.1. The highest BCUT2D eigenvalue weighted by Crippen LogP contribution is 2.25. The molecule has 76 heavy (non-hydrogen) atoms. The largest absolute Gasteiger partial charge is 0.479 e. The van der Waals surface area contributed by atoms with Crippen molar-refractivity contribution in [2.24, 2.45) is 5.73 Å². The zero-order valence-electron chi connectivity index (χ0n) is 40.1. The summed E-state index contributed by atoms with van der Waals surface area (Å²) in [7, 11) is 0. The number of H-pyrrole nitrogens is 2. The molecule has 0 aliphatic heterocycles. The number of hydrogen-bond donors (Lipinski definition) is 8. The summed E-state index contributed by atoms with van der Waals surface area (Å²) in [6.45, 7) is 1.95. The molecule has 0 bridgehead atoms. The number of ether oxygens (including phenoxy) is 1. The first kappa shape index (κ1) is 58.4. The van der Waals surface area contributed by atoms with E-state index in [2.05, 4.69) is 25.5 Å². The molecule has 0 aliphatic rings. The first-order chi connectivity index (χ1) is 36.0. The Kier molecular flexibility index (Phi) is 21.7. The number of nitrogens with two attached hydrogens (primary N) is 1. The van der Waals surface area contributed by atoms with E-state index in [1.165, 1.54) is 12.4 Å². The number of halogens is 2. The number of aromatic nitrogens is 6. The SMILES string of the molecule is C.CCOC(=O)[C@H](O)C[C@H](N)Cc1ccc(-c2cccc(Cl)c2)cc1.O=C(N[C@H](Cc1ccc(-c2cccc(Cl)c2)cc1)C[C@@H](O)C(=O)O)c1cc(=O)n(-c2ccccn2)[nH]1.O=C(O)c1cc(=O)n(-c2ccccn2)[nH]1. The van der Waals surface area contributed by atoms with Crippen LogP contribution in [0.3, 0.4) is 0 Å². The molecular weight excluding hydrogens is 1020 g/mol. The minimum absolute atomic E-state index is 0. The van der Waals surface area contributed by atoms with Crippen LogP contribution in [0, 0.1) is 0 Å². The van der Waals surface area contributed by atoms with Crippen molar-refractivity contribution < 1.29 is 44.3 Å². The number of carboxylic acids is 2. The van der Waals surface area contributed by atoms with Gasteiger partial charge in [-0.3, -0.25) is 24.6 Å². The van der Waals surface area contributed by atoms with Gasteiger partial charge in [0.1, 0.15) is 11.4 Å². The molecule has 8 rings (SSSR count). The van der Waals surface area contributed by atoms with Gasteiger partial charge in [0.15, 0.2) is 23.8 Å². The number of rotatable bonds is 18. The Labute approximate surface area is 446 Å². The topological polar surface area (TPSA) is 298 Å². The second kappa shape index (κ2) is 28.3. The van der Waals surface area contributed by atoms with E-state index in [0.29, 0.717) is 28.1 Å². The summed E-state index contributed by atoms with van der Waals surface area (Å²) in [5.74, 6) is -3.12. The summed E-state index contributed by atoms with van der Waals surface area (Å²) < 4.78 is 6.98. The van der Waals surface area contributed by atoms with Gasteiger partial charge in [-0.05, 0) is 108 Å². The highest BCUT2D eigenvalue weighted by molar-refractivity contribution is 6.31. The number of amides is 1. The fourth-order valence-electron chi connectivity index (χ4n) is 7.45. The fraction of sp³-hybridized carbons (Fsp3) is 0.200. The number of carboxylic acid groups (broad SMARTS) is 2. The molecule has 0 spiro atoms. The van der Waals surface area contributed by atoms with Crippen LogP contribution in [0.2, 0.25) is 10.0 Å². The van der Waals surface area contributed by atoms with Crippen LogP contribution in [0.15, 0.2) is 168 Å². The number of nitrogens with one attached hydrogen (secondary N) is 3. The van der Waals surface area contributed by atoms with Crippen molar-refractivity contribution in [1.82, 2.24) is 34.8 Å². The van der Waals surface area contributed by atoms with E-state index in [4.69, 9.17) is 43.9 Å². The average Bonchev–Trinajstić information content (AvgIpc) is 4.01. The van der Waals surface area contributed by atoms with E-state index in [-0.39, 0.29) is 50.7 Å². The zero-order chi connectivity index (χ0) is 54.0. The van der Waals surface area contributed by atoms with Crippen molar-refractivity contribution >= 4 is 47.0 Å². The number of aromatic amines is 2. The number of carbonyl (C=O) groups is 4. The lowest BCUT2D eigenvalue weighted by Crippen LogP contribution is -2.40. The lowest BCUT2D eigenvalue weighted by atomic mass is 9.97. The van der Waals surface area contributed by atoms with Crippen molar-refractivity contribution in [3.05, 3.63) is 211 Å². The van der Waals surface area contributed by atoms with Gasteiger partial charge in [-0.15, -0.1) is 0 Å². The van der Waals surface area contributed by atoms with Crippen molar-refractivity contribution in [2.75, 3.05) is 6.61 Å². The van der Waals surface area contributed by atoms with Crippen LogP contribution in [0.5, 0.6) is 0 Å². The summed E-state index contributed by atoms with van der Waals surface area (Å²) in [4.78, 5) is 77.9. The van der Waals surface area contributed by atoms with Gasteiger partial charge in [0.05, 0.1) is 6.61 Å². The lowest BCUT2D eigenvalue weighted by Gasteiger charge is -2.20. The minimum Gasteiger partial charge on any atom is -0.479 e. The van der Waals surface area contributed by atoms with Gasteiger partial charge in [0.2, 0.25) is 0 Å². The summed E-state index contributed by atoms with van der Waals surface area (Å²) in [5.41, 5.74) is 10.8. The Morgan fingerprint density at radius 2 is 1.12 bits per heavy atom. The maximum absolute atomic E-state index is 12.9. The summed E-state index contributed by atoms with van der Waals surface area (Å²) >= 11 is 12.1. The number of pyridine rings is 2. The fourth-order valence-corrected chi connectivity index (χ4v) is 7.83. The third-order valence-corrected chi connectivity index (χ3v) is 11.6. The Morgan fingerprint density at radius 1 is 0.632 bits per heavy atom. The molecule has 4 aromatic carbocycles. The quantitative estimate of drug-likeness (QED) is 0.0396. The maximum Gasteiger partial charge on any atom is 0.353 e. The predicted octanol–water partition coefficient (Wildman–Crippen LogP) is 7.14. The number of hydrogen-bond acceptors (Lipinski definition) is 12. The second-order valence-electron chi connectivity index (χ2n) is 16.7. The van der Waals surface area contributed by atoms with E-state index in [1.54, 1.807) is 49.4 Å². The maximum atomic E-state index is 12.9. The molecule has 0 saturated carbocycles. The third kappa shape index (κ3) is 17.0. The highest BCUT2D eigenvalue weighted by atomic mass is 35.5. The van der Waals surface area contributed by atoms with Crippen LogP contribution in [-0.4, -0.2) is 105 Å². The summed E-state index contributed by atoms with van der Waals surface area (Å²) in [5, 5.41) is 46.7. The van der Waals surface area contributed by atoms with Crippen molar-refractivity contribution in [3.8, 4) is 33.9 Å². The summed E-state index contributed by atoms with van der Waals surface area (Å²) in [6, 6.07) is 41.8. The first-order valence-electron chi connectivity index (χ1n) is 23.2. The van der Waals surface area contributed by atoms with Crippen LogP contribution >= 0.6 is 23.2 Å². The second-order valence-corrected chi connectivity index (χ2v) is 17.6. The van der Waals surface area contributed by atoms with E-state index < -0.39 is 53.2 Å². The molecular formula is C55H56Cl2N8O11. The van der Waals surface area contributed by atoms with Gasteiger partial charge < -0.3 is 36.2 Å². The molecule has 8 aromatic rings. The Morgan fingerprint density at radius 3 is 1.55 bits per heavy atom. The smallest absolute Gasteiger partial charge is 0.353 e. The molecule has 0 unspecified atom stereocenters. The molecule has 19 nitrogen and oxygen atoms in total. The molecule has 21 heteroatoms. The van der Waals surface area contributed by atoms with E-state index in [9.17, 15) is 39.0 Å². The van der Waals surface area contributed by atoms with Gasteiger partial charge in [-0.25, -0.2) is 33.7 Å². The normalized spacial score (nSPS) is 12.2. The molecule has 4 heterocycles. The van der Waals surface area contributed by atoms with Crippen LogP contribution in [0.1, 0.15) is 59.3 Å². The van der Waals surface area contributed by atoms with E-state index in [1.807, 2.05) is 91.0 Å². The molecule has 0 saturated heterocycles. The number of aliphatic carboxylic acids is 1. The van der Waals surface area contributed by atoms with E-state index >= 15 is 0 Å². The Bertz CT molecular complexity index is 3290. The molecule has 9 N–H and O–H groups in total. The minimum atomic E-state index is -1.67.